The molecule has 1 aliphatic heterocycles. The van der Waals surface area contributed by atoms with Gasteiger partial charge in [0.2, 0.25) is 0 Å². The second-order valence-electron chi connectivity index (χ2n) is 5.63. The number of rotatable bonds is 2. The highest BCUT2D eigenvalue weighted by molar-refractivity contribution is 5.38. The van der Waals surface area contributed by atoms with Crippen LogP contribution >= 0.6 is 0 Å². The molecule has 108 valence electrons. The zero-order valence-electron chi connectivity index (χ0n) is 11.8. The summed E-state index contributed by atoms with van der Waals surface area (Å²) in [5, 5.41) is 10.1. The molecular weight excluding hydrogens is 255 g/mol. The maximum absolute atomic E-state index is 13.6. The molecule has 1 fully saturated rings. The Morgan fingerprint density at radius 2 is 2.30 bits per heavy atom. The van der Waals surface area contributed by atoms with E-state index in [1.54, 1.807) is 12.1 Å². The van der Waals surface area contributed by atoms with Gasteiger partial charge < -0.3 is 10.8 Å². The number of likely N-dealkylation sites (tertiary alicyclic amines) is 1. The summed E-state index contributed by atoms with van der Waals surface area (Å²) < 4.78 is 13.6. The van der Waals surface area contributed by atoms with Crippen LogP contribution in [0.1, 0.15) is 30.9 Å². The molecule has 4 heteroatoms. The number of halogens is 1. The minimum absolute atomic E-state index is 0.221. The van der Waals surface area contributed by atoms with Crippen LogP contribution in [0.4, 0.5) is 4.39 Å². The van der Waals surface area contributed by atoms with Crippen LogP contribution in [0.3, 0.4) is 0 Å². The molecule has 0 saturated carbocycles. The van der Waals surface area contributed by atoms with Crippen LogP contribution in [0, 0.1) is 17.7 Å². The summed E-state index contributed by atoms with van der Waals surface area (Å²) in [4.78, 5) is 2.19. The second kappa shape index (κ2) is 6.36. The van der Waals surface area contributed by atoms with Gasteiger partial charge in [0.25, 0.3) is 0 Å². The first-order chi connectivity index (χ1) is 9.50. The van der Waals surface area contributed by atoms with Gasteiger partial charge in [0, 0.05) is 13.1 Å². The first-order valence-corrected chi connectivity index (χ1v) is 6.92. The molecule has 3 N–H and O–H groups in total. The summed E-state index contributed by atoms with van der Waals surface area (Å²) in [6.07, 6.45) is 1.81. The summed E-state index contributed by atoms with van der Waals surface area (Å²) in [6.45, 7) is 4.39. The van der Waals surface area contributed by atoms with E-state index in [1.165, 1.54) is 6.07 Å². The number of nitrogens with two attached hydrogens (primary N) is 1. The highest BCUT2D eigenvalue weighted by atomic mass is 19.1. The van der Waals surface area contributed by atoms with Crippen LogP contribution in [-0.2, 0) is 6.54 Å². The SMILES string of the molecule is CC1(O)CCCN(Cc2ccc(F)c(C#CCN)c2)C1. The van der Waals surface area contributed by atoms with Gasteiger partial charge in [0.15, 0.2) is 0 Å². The molecule has 1 aromatic carbocycles. The standard InChI is InChI=1S/C16H21FN2O/c1-16(20)7-3-9-19(12-16)11-13-5-6-15(17)14(10-13)4-2-8-18/h5-6,10,20H,3,7-9,11-12,18H2,1H3. The molecule has 0 aliphatic carbocycles. The van der Waals surface area contributed by atoms with Crippen LogP contribution in [-0.4, -0.2) is 35.2 Å². The number of β-amino-alcohol motifs (C(OH)–C–C–N with tert-alkyl or cyclic N) is 1. The van der Waals surface area contributed by atoms with Crippen molar-refractivity contribution in [2.45, 2.75) is 31.9 Å². The van der Waals surface area contributed by atoms with Crippen LogP contribution in [0.2, 0.25) is 0 Å². The topological polar surface area (TPSA) is 49.5 Å². The van der Waals surface area contributed by atoms with E-state index < -0.39 is 5.60 Å². The van der Waals surface area contributed by atoms with E-state index in [2.05, 4.69) is 16.7 Å². The maximum atomic E-state index is 13.6. The van der Waals surface area contributed by atoms with Gasteiger partial charge in [-0.15, -0.1) is 0 Å². The fourth-order valence-electron chi connectivity index (χ4n) is 2.63. The molecule has 1 heterocycles. The fraction of sp³-hybridized carbons (Fsp3) is 0.500. The van der Waals surface area contributed by atoms with Crippen molar-refractivity contribution in [1.29, 1.82) is 0 Å². The third kappa shape index (κ3) is 4.04. The molecular formula is C16H21FN2O. The highest BCUT2D eigenvalue weighted by Gasteiger charge is 2.28. The van der Waals surface area contributed by atoms with E-state index >= 15 is 0 Å². The predicted molar refractivity (Wildman–Crippen MR) is 77.5 cm³/mol. The van der Waals surface area contributed by atoms with E-state index in [4.69, 9.17) is 5.73 Å². The van der Waals surface area contributed by atoms with E-state index in [0.29, 0.717) is 18.7 Å². The lowest BCUT2D eigenvalue weighted by Crippen LogP contribution is -2.45. The van der Waals surface area contributed by atoms with Gasteiger partial charge in [-0.3, -0.25) is 4.90 Å². The number of nitrogens with zero attached hydrogens (tertiary/aromatic N) is 1. The summed E-state index contributed by atoms with van der Waals surface area (Å²) >= 11 is 0. The number of benzene rings is 1. The number of piperidine rings is 1. The van der Waals surface area contributed by atoms with Crippen molar-refractivity contribution in [2.24, 2.45) is 5.73 Å². The average molecular weight is 276 g/mol. The summed E-state index contributed by atoms with van der Waals surface area (Å²) in [7, 11) is 0. The molecule has 1 aliphatic rings. The molecule has 1 unspecified atom stereocenters. The van der Waals surface area contributed by atoms with E-state index in [-0.39, 0.29) is 12.4 Å². The minimum atomic E-state index is -0.625. The molecule has 0 aromatic heterocycles. The van der Waals surface area contributed by atoms with Crippen LogP contribution in [0.5, 0.6) is 0 Å². The Hall–Kier alpha value is -1.41. The minimum Gasteiger partial charge on any atom is -0.389 e. The van der Waals surface area contributed by atoms with Crippen molar-refractivity contribution in [3.63, 3.8) is 0 Å². The Morgan fingerprint density at radius 1 is 1.50 bits per heavy atom. The van der Waals surface area contributed by atoms with Crippen molar-refractivity contribution >= 4 is 0 Å². The fourth-order valence-corrected chi connectivity index (χ4v) is 2.63. The van der Waals surface area contributed by atoms with Crippen LogP contribution in [0.25, 0.3) is 0 Å². The molecule has 2 rings (SSSR count). The molecule has 0 bridgehead atoms. The van der Waals surface area contributed by atoms with Gasteiger partial charge in [0.05, 0.1) is 17.7 Å². The lowest BCUT2D eigenvalue weighted by molar-refractivity contribution is -0.0181. The van der Waals surface area contributed by atoms with Crippen LogP contribution in [0.15, 0.2) is 18.2 Å². The van der Waals surface area contributed by atoms with E-state index in [1.807, 2.05) is 6.92 Å². The van der Waals surface area contributed by atoms with Gasteiger partial charge in [-0.2, -0.15) is 0 Å². The first kappa shape index (κ1) is 15.0. The molecule has 0 amide bonds. The zero-order chi connectivity index (χ0) is 14.6. The predicted octanol–water partition coefficient (Wildman–Crippen LogP) is 1.48. The Kier molecular flexibility index (Phi) is 4.77. The third-order valence-corrected chi connectivity index (χ3v) is 3.52. The molecule has 3 nitrogen and oxygen atoms in total. The average Bonchev–Trinajstić information content (AvgIpc) is 2.38. The van der Waals surface area contributed by atoms with Crippen LogP contribution < -0.4 is 5.73 Å². The zero-order valence-corrected chi connectivity index (χ0v) is 11.8. The van der Waals surface area contributed by atoms with Crippen molar-refractivity contribution in [2.75, 3.05) is 19.6 Å². The van der Waals surface area contributed by atoms with E-state index in [0.717, 1.165) is 24.9 Å². The molecule has 0 spiro atoms. The highest BCUT2D eigenvalue weighted by Crippen LogP contribution is 2.22. The lowest BCUT2D eigenvalue weighted by atomic mass is 9.95. The Balaban J connectivity index is 2.09. The summed E-state index contributed by atoms with van der Waals surface area (Å²) in [6, 6.07) is 4.98. The quantitative estimate of drug-likeness (QED) is 0.805. The normalized spacial score (nSPS) is 23.2. The third-order valence-electron chi connectivity index (χ3n) is 3.52. The monoisotopic (exact) mass is 276 g/mol. The van der Waals surface area contributed by atoms with E-state index in [9.17, 15) is 9.50 Å². The van der Waals surface area contributed by atoms with Crippen molar-refractivity contribution < 1.29 is 9.50 Å². The van der Waals surface area contributed by atoms with Gasteiger partial charge >= 0.3 is 0 Å². The van der Waals surface area contributed by atoms with Gasteiger partial charge in [-0.25, -0.2) is 4.39 Å². The molecule has 0 radical (unpaired) electrons. The Bertz CT molecular complexity index is 531. The first-order valence-electron chi connectivity index (χ1n) is 6.92. The van der Waals surface area contributed by atoms with Gasteiger partial charge in [0.1, 0.15) is 5.82 Å². The Morgan fingerprint density at radius 3 is 3.00 bits per heavy atom. The Labute approximate surface area is 119 Å². The number of hydrogen-bond acceptors (Lipinski definition) is 3. The number of hydrogen-bond donors (Lipinski definition) is 2. The lowest BCUT2D eigenvalue weighted by Gasteiger charge is -2.36. The molecule has 20 heavy (non-hydrogen) atoms. The summed E-state index contributed by atoms with van der Waals surface area (Å²) in [5.74, 6) is 5.10. The smallest absolute Gasteiger partial charge is 0.138 e. The maximum Gasteiger partial charge on any atom is 0.138 e. The van der Waals surface area contributed by atoms with Crippen molar-refractivity contribution in [3.8, 4) is 11.8 Å². The van der Waals surface area contributed by atoms with Crippen molar-refractivity contribution in [1.82, 2.24) is 4.90 Å². The number of aliphatic hydroxyl groups is 1. The summed E-state index contributed by atoms with van der Waals surface area (Å²) in [5.41, 5.74) is 6.08. The molecule has 1 saturated heterocycles. The van der Waals surface area contributed by atoms with Gasteiger partial charge in [-0.05, 0) is 44.0 Å². The van der Waals surface area contributed by atoms with Gasteiger partial charge in [-0.1, -0.05) is 17.9 Å². The molecule has 1 atom stereocenters. The molecule has 1 aromatic rings. The van der Waals surface area contributed by atoms with Crippen molar-refractivity contribution in [3.05, 3.63) is 35.1 Å². The second-order valence-corrected chi connectivity index (χ2v) is 5.63. The largest absolute Gasteiger partial charge is 0.389 e.